The number of ketones is 3. The number of hydrogen-bond donors (Lipinski definition) is 8. The van der Waals surface area contributed by atoms with Crippen LogP contribution < -0.4 is 38.3 Å². The van der Waals surface area contributed by atoms with Crippen molar-refractivity contribution in [3.63, 3.8) is 0 Å². The first-order chi connectivity index (χ1) is 27.5. The van der Waals surface area contributed by atoms with Gasteiger partial charge in [-0.1, -0.05) is 20.8 Å². The van der Waals surface area contributed by atoms with Crippen molar-refractivity contribution in [3.05, 3.63) is 57.9 Å². The number of fused-ring (bicyclic) bond motifs is 1. The van der Waals surface area contributed by atoms with Crippen LogP contribution in [0.1, 0.15) is 94.5 Å². The Morgan fingerprint density at radius 1 is 0.862 bits per heavy atom. The Morgan fingerprint density at radius 3 is 2.12 bits per heavy atom. The highest BCUT2D eigenvalue weighted by atomic mass is 32.1. The summed E-state index contributed by atoms with van der Waals surface area (Å²) < 4.78 is 0. The number of hydrogen-bond acceptors (Lipinski definition) is 13. The monoisotopic (exact) mass is 821 g/mol. The molecule has 0 saturated carbocycles. The van der Waals surface area contributed by atoms with Gasteiger partial charge in [0.25, 0.3) is 11.5 Å². The van der Waals surface area contributed by atoms with Crippen molar-refractivity contribution in [2.45, 2.75) is 104 Å². The number of aromatic nitrogens is 4. The summed E-state index contributed by atoms with van der Waals surface area (Å²) in [6, 6.07) is 3.97. The molecule has 5 atom stereocenters. The lowest BCUT2D eigenvalue weighted by molar-refractivity contribution is -0.134. The van der Waals surface area contributed by atoms with Crippen LogP contribution in [0.25, 0.3) is 11.2 Å². The molecular weight excluding hydrogens is 767 g/mol. The van der Waals surface area contributed by atoms with Crippen molar-refractivity contribution >= 4 is 70.5 Å². The molecule has 18 nitrogen and oxygen atoms in total. The van der Waals surface area contributed by atoms with Crippen LogP contribution >= 0.6 is 12.6 Å². The lowest BCUT2D eigenvalue weighted by Gasteiger charge is -2.23. The number of Topliss-reactive ketones (excluding diaryl/α,β-unsaturated/α-hetero) is 3. The number of aryl methyl sites for hydroxylation is 1. The van der Waals surface area contributed by atoms with Gasteiger partial charge in [0.05, 0.1) is 36.6 Å². The molecule has 19 heteroatoms. The topological polar surface area (TPSA) is 286 Å². The Kier molecular flexibility index (Phi) is 18.4. The van der Waals surface area contributed by atoms with Gasteiger partial charge in [-0.3, -0.25) is 38.6 Å². The number of rotatable bonds is 24. The number of guanidine groups is 1. The molecule has 9 N–H and O–H groups in total. The van der Waals surface area contributed by atoms with Crippen LogP contribution in [-0.4, -0.2) is 91.4 Å². The third kappa shape index (κ3) is 14.7. The molecule has 3 rings (SSSR count). The van der Waals surface area contributed by atoms with Gasteiger partial charge < -0.3 is 37.7 Å². The smallest absolute Gasteiger partial charge is 0.279 e. The molecule has 0 bridgehead atoms. The number of carbonyl (C=O) groups is 6. The van der Waals surface area contributed by atoms with E-state index < -0.39 is 53.5 Å². The molecule has 3 aromatic rings. The molecule has 0 radical (unpaired) electrons. The molecule has 0 aliphatic rings. The van der Waals surface area contributed by atoms with Crippen molar-refractivity contribution in [1.82, 2.24) is 35.9 Å². The second-order valence-electron chi connectivity index (χ2n) is 14.2. The van der Waals surface area contributed by atoms with Crippen LogP contribution in [0.5, 0.6) is 0 Å². The number of nitrogens with one attached hydrogen (secondary N) is 5. The number of aromatic amines is 1. The van der Waals surface area contributed by atoms with Crippen molar-refractivity contribution in [2.24, 2.45) is 28.3 Å². The van der Waals surface area contributed by atoms with Crippen LogP contribution in [0, 0.1) is 18.8 Å². The zero-order chi connectivity index (χ0) is 42.9. The normalized spacial score (nSPS) is 13.6. The van der Waals surface area contributed by atoms with Crippen LogP contribution in [0.4, 0.5) is 5.69 Å². The minimum atomic E-state index is -0.991. The van der Waals surface area contributed by atoms with Crippen molar-refractivity contribution in [3.8, 4) is 0 Å². The predicted molar refractivity (Wildman–Crippen MR) is 223 cm³/mol. The van der Waals surface area contributed by atoms with Gasteiger partial charge in [-0.25, -0.2) is 15.0 Å². The van der Waals surface area contributed by atoms with Crippen LogP contribution in [0.2, 0.25) is 0 Å². The summed E-state index contributed by atoms with van der Waals surface area (Å²) in [6.07, 6.45) is 2.76. The number of benzene rings is 1. The highest BCUT2D eigenvalue weighted by Crippen LogP contribution is 2.15. The van der Waals surface area contributed by atoms with E-state index in [1.54, 1.807) is 58.9 Å². The van der Waals surface area contributed by atoms with Gasteiger partial charge in [-0.05, 0) is 69.5 Å². The largest absolute Gasteiger partial charge is 0.379 e. The number of amides is 3. The molecule has 0 fully saturated rings. The van der Waals surface area contributed by atoms with Gasteiger partial charge in [0.1, 0.15) is 5.82 Å². The first-order valence-electron chi connectivity index (χ1n) is 19.2. The Hall–Kier alpha value is -5.72. The van der Waals surface area contributed by atoms with Gasteiger partial charge in [0, 0.05) is 48.9 Å². The van der Waals surface area contributed by atoms with E-state index >= 15 is 0 Å². The van der Waals surface area contributed by atoms with Crippen LogP contribution in [0.15, 0.2) is 40.2 Å². The minimum absolute atomic E-state index is 0.119. The highest BCUT2D eigenvalue weighted by molar-refractivity contribution is 7.80. The van der Waals surface area contributed by atoms with Gasteiger partial charge in [0.15, 0.2) is 34.5 Å². The third-order valence-electron chi connectivity index (χ3n) is 9.29. The molecule has 0 spiro atoms. The number of carbonyl (C=O) groups excluding carboxylic acids is 6. The third-order valence-corrected chi connectivity index (χ3v) is 9.61. The zero-order valence-corrected chi connectivity index (χ0v) is 34.5. The molecule has 0 unspecified atom stereocenters. The van der Waals surface area contributed by atoms with E-state index in [0.29, 0.717) is 41.4 Å². The number of H-pyrrole nitrogens is 1. The second kappa shape index (κ2) is 22.9. The standard InChI is InChI=1S/C39H55N11O7S/c1-6-28(49-37(56)25-11-13-26(14-12-25)43-19-27-20-44-34-33(48-27)38(57)47-24(5)46-34)31(52)17-22(3)36(55)50-29(9-7-15-42-39(40)41)32(53)18-21(2)35(54)45-23(4)30(51)10-8-16-58/h11-14,20-23,28-29,43,58H,6-10,15-19H2,1-5H3,(H,45,54)(H,49,56)(H,50,55)(H4,40,41,42)(H,44,46,47,57)/t21-,22-,23+,28+,29+/m1/s1. The van der Waals surface area contributed by atoms with Crippen LogP contribution in [-0.2, 0) is 30.5 Å². The zero-order valence-electron chi connectivity index (χ0n) is 33.6. The first-order valence-corrected chi connectivity index (χ1v) is 19.9. The summed E-state index contributed by atoms with van der Waals surface area (Å²) >= 11 is 4.11. The summed E-state index contributed by atoms with van der Waals surface area (Å²) in [5, 5.41) is 11.3. The Labute approximate surface area is 342 Å². The summed E-state index contributed by atoms with van der Waals surface area (Å²) in [6.45, 7) is 8.56. The molecule has 314 valence electrons. The molecular formula is C39H55N11O7S. The average Bonchev–Trinajstić information content (AvgIpc) is 3.18. The summed E-state index contributed by atoms with van der Waals surface area (Å²) in [7, 11) is 0. The Balaban J connectivity index is 1.56. The SMILES string of the molecule is CC[C@H](NC(=O)c1ccc(NCc2cnc3nc(C)[nH]c(=O)c3n2)cc1)C(=O)C[C@@H](C)C(=O)N[C@@H](CCCN=C(N)N)C(=O)C[C@@H](C)C(=O)N[C@@H](C)C(=O)CCCS. The maximum atomic E-state index is 13.4. The summed E-state index contributed by atoms with van der Waals surface area (Å²) in [5.41, 5.74) is 12.3. The molecule has 1 aromatic carbocycles. The Bertz CT molecular complexity index is 2020. The van der Waals surface area contributed by atoms with Gasteiger partial charge in [-0.2, -0.15) is 12.6 Å². The maximum Gasteiger partial charge on any atom is 0.279 e. The van der Waals surface area contributed by atoms with Crippen molar-refractivity contribution in [1.29, 1.82) is 0 Å². The van der Waals surface area contributed by atoms with E-state index in [-0.39, 0.29) is 79.4 Å². The lowest BCUT2D eigenvalue weighted by atomic mass is 9.94. The highest BCUT2D eigenvalue weighted by Gasteiger charge is 2.30. The fourth-order valence-electron chi connectivity index (χ4n) is 5.84. The minimum Gasteiger partial charge on any atom is -0.379 e. The van der Waals surface area contributed by atoms with E-state index in [9.17, 15) is 33.6 Å². The van der Waals surface area contributed by atoms with E-state index in [1.165, 1.54) is 6.20 Å². The first kappa shape index (κ1) is 46.7. The van der Waals surface area contributed by atoms with Crippen molar-refractivity contribution in [2.75, 3.05) is 17.6 Å². The molecule has 2 heterocycles. The quantitative estimate of drug-likeness (QED) is 0.0277. The summed E-state index contributed by atoms with van der Waals surface area (Å²) in [5.74, 6) is -3.18. The number of aliphatic imine (C=N–C) groups is 1. The molecule has 0 saturated heterocycles. The molecule has 58 heavy (non-hydrogen) atoms. The second-order valence-corrected chi connectivity index (χ2v) is 14.7. The lowest BCUT2D eigenvalue weighted by Crippen LogP contribution is -2.47. The van der Waals surface area contributed by atoms with Gasteiger partial charge in [-0.15, -0.1) is 0 Å². The van der Waals surface area contributed by atoms with Crippen molar-refractivity contribution < 1.29 is 28.8 Å². The molecule has 3 amide bonds. The molecule has 0 aliphatic heterocycles. The number of anilines is 1. The van der Waals surface area contributed by atoms with E-state index in [0.717, 1.165) is 0 Å². The predicted octanol–water partition coefficient (Wildman–Crippen LogP) is 1.65. The fraction of sp³-hybridized carbons (Fsp3) is 0.513. The van der Waals surface area contributed by atoms with Gasteiger partial charge >= 0.3 is 0 Å². The number of nitrogens with zero attached hydrogens (tertiary/aromatic N) is 4. The summed E-state index contributed by atoms with van der Waals surface area (Å²) in [4.78, 5) is 110. The number of nitrogens with two attached hydrogens (primary N) is 2. The van der Waals surface area contributed by atoms with Gasteiger partial charge in [0.2, 0.25) is 11.8 Å². The van der Waals surface area contributed by atoms with E-state index in [4.69, 9.17) is 11.5 Å². The molecule has 2 aromatic heterocycles. The Morgan fingerprint density at radius 2 is 1.50 bits per heavy atom. The molecule has 0 aliphatic carbocycles. The van der Waals surface area contributed by atoms with E-state index in [2.05, 4.69) is 58.8 Å². The van der Waals surface area contributed by atoms with Crippen LogP contribution in [0.3, 0.4) is 0 Å². The number of thiol groups is 1. The maximum absolute atomic E-state index is 13.4. The average molecular weight is 822 g/mol. The fourth-order valence-corrected chi connectivity index (χ4v) is 6.00. The van der Waals surface area contributed by atoms with E-state index in [1.807, 2.05) is 0 Å².